The van der Waals surface area contributed by atoms with Gasteiger partial charge in [-0.25, -0.2) is 9.97 Å². The quantitative estimate of drug-likeness (QED) is 0.186. The Kier molecular flexibility index (Phi) is 11.1. The monoisotopic (exact) mass is 591 g/mol. The van der Waals surface area contributed by atoms with Gasteiger partial charge in [0.1, 0.15) is 4.34 Å². The minimum absolute atomic E-state index is 0. The summed E-state index contributed by atoms with van der Waals surface area (Å²) >= 11 is 9.18. The number of benzene rings is 1. The fourth-order valence-electron chi connectivity index (χ4n) is 3.00. The first-order chi connectivity index (χ1) is 16.7. The van der Waals surface area contributed by atoms with Crippen LogP contribution in [-0.4, -0.2) is 34.5 Å². The Labute approximate surface area is 228 Å². The number of rotatable bonds is 7. The molecular weight excluding hydrogens is 572 g/mol. The number of halogens is 3. The molecular formula is C21H20Cl2FN5O4S3. The Morgan fingerprint density at radius 2 is 2.03 bits per heavy atom. The standard InChI is InChI=1S/C18H16ClN3O4S2.C3H3FN2S.ClH/c1-10-13(17(23)21-18-20-9-15(19)28-18)8-14(27-10)12-5-3-4-11(6-7-26-2)16(12)22(24)25;4-2-1-6-3(5)7-2;/h3-5,8-9H,6-7H2,1-2H3,(H,20,21,23);1H,(H2,5,6);1H. The molecule has 3 N–H and O–H groups in total. The van der Waals surface area contributed by atoms with E-state index in [0.717, 1.165) is 33.7 Å². The molecule has 1 amide bonds. The van der Waals surface area contributed by atoms with Gasteiger partial charge in [0.15, 0.2) is 15.4 Å². The van der Waals surface area contributed by atoms with Crippen LogP contribution in [0.3, 0.4) is 0 Å². The number of nitrogens with zero attached hydrogens (tertiary/aromatic N) is 3. The summed E-state index contributed by atoms with van der Waals surface area (Å²) < 4.78 is 17.3. The summed E-state index contributed by atoms with van der Waals surface area (Å²) in [7, 11) is 1.55. The van der Waals surface area contributed by atoms with Gasteiger partial charge in [0.25, 0.3) is 11.6 Å². The minimum Gasteiger partial charge on any atom is -0.384 e. The van der Waals surface area contributed by atoms with Crippen molar-refractivity contribution < 1.29 is 18.8 Å². The Morgan fingerprint density at radius 3 is 2.56 bits per heavy atom. The molecule has 0 saturated carbocycles. The summed E-state index contributed by atoms with van der Waals surface area (Å²) in [5, 5.41) is 14.8. The van der Waals surface area contributed by atoms with E-state index >= 15 is 0 Å². The number of nitrogens with two attached hydrogens (primary N) is 1. The third kappa shape index (κ3) is 7.66. The van der Waals surface area contributed by atoms with Gasteiger partial charge in [0.05, 0.1) is 35.1 Å². The largest absolute Gasteiger partial charge is 0.384 e. The topological polar surface area (TPSA) is 133 Å². The van der Waals surface area contributed by atoms with Crippen LogP contribution in [0.4, 0.5) is 20.3 Å². The molecule has 4 aromatic rings. The lowest BCUT2D eigenvalue weighted by atomic mass is 10.0. The van der Waals surface area contributed by atoms with Gasteiger partial charge in [-0.3, -0.25) is 20.2 Å². The van der Waals surface area contributed by atoms with Crippen molar-refractivity contribution in [3.63, 3.8) is 0 Å². The third-order valence-corrected chi connectivity index (χ3v) is 7.23. The number of para-hydroxylation sites is 1. The van der Waals surface area contributed by atoms with Crippen molar-refractivity contribution in [3.05, 3.63) is 72.2 Å². The normalized spacial score (nSPS) is 10.2. The maximum atomic E-state index is 12.6. The number of carbonyl (C=O) groups is 1. The molecule has 1 aromatic carbocycles. The van der Waals surface area contributed by atoms with E-state index in [4.69, 9.17) is 22.1 Å². The number of aryl methyl sites for hydroxylation is 1. The number of nitrogen functional groups attached to an aromatic ring is 1. The number of hydrogen-bond donors (Lipinski definition) is 2. The lowest BCUT2D eigenvalue weighted by molar-refractivity contribution is -0.384. The fourth-order valence-corrected chi connectivity index (χ4v) is 5.26. The molecule has 0 aliphatic rings. The highest BCUT2D eigenvalue weighted by molar-refractivity contribution is 7.19. The van der Waals surface area contributed by atoms with E-state index in [-0.39, 0.29) is 39.2 Å². The molecule has 192 valence electrons. The molecule has 0 atom stereocenters. The number of amides is 1. The van der Waals surface area contributed by atoms with Crippen molar-refractivity contribution in [2.75, 3.05) is 24.8 Å². The first kappa shape index (κ1) is 29.5. The van der Waals surface area contributed by atoms with Gasteiger partial charge in [0.2, 0.25) is 0 Å². The van der Waals surface area contributed by atoms with Gasteiger partial charge in [-0.2, -0.15) is 4.39 Å². The number of nitro benzene ring substituents is 1. The minimum atomic E-state index is -0.382. The molecule has 0 unspecified atom stereocenters. The summed E-state index contributed by atoms with van der Waals surface area (Å²) in [6, 6.07) is 6.87. The first-order valence-electron chi connectivity index (χ1n) is 9.85. The average Bonchev–Trinajstić information content (AvgIpc) is 3.52. The van der Waals surface area contributed by atoms with Gasteiger partial charge in [-0.15, -0.1) is 23.7 Å². The highest BCUT2D eigenvalue weighted by Crippen LogP contribution is 2.39. The summed E-state index contributed by atoms with van der Waals surface area (Å²) in [6.45, 7) is 2.19. The second-order valence-electron chi connectivity index (χ2n) is 6.82. The molecule has 0 spiro atoms. The number of nitro groups is 1. The summed E-state index contributed by atoms with van der Waals surface area (Å²) in [5.74, 6) is -0.329. The van der Waals surface area contributed by atoms with Crippen LogP contribution in [0.1, 0.15) is 20.8 Å². The lowest BCUT2D eigenvalue weighted by Crippen LogP contribution is -2.11. The number of carbonyl (C=O) groups excluding carboxylic acids is 1. The zero-order valence-corrected chi connectivity index (χ0v) is 22.8. The summed E-state index contributed by atoms with van der Waals surface area (Å²) in [6.07, 6.45) is 2.99. The van der Waals surface area contributed by atoms with Crippen LogP contribution in [-0.2, 0) is 11.2 Å². The molecule has 0 fully saturated rings. The molecule has 9 nitrogen and oxygen atoms in total. The van der Waals surface area contributed by atoms with E-state index in [1.807, 2.05) is 0 Å². The number of anilines is 2. The van der Waals surface area contributed by atoms with Crippen LogP contribution in [0.25, 0.3) is 10.4 Å². The number of nitrogens with one attached hydrogen (secondary N) is 1. The Morgan fingerprint density at radius 1 is 1.28 bits per heavy atom. The Hall–Kier alpha value is -2.68. The lowest BCUT2D eigenvalue weighted by Gasteiger charge is -2.06. The second-order valence-corrected chi connectivity index (χ2v) is 10.8. The van der Waals surface area contributed by atoms with E-state index in [1.165, 1.54) is 17.5 Å². The molecule has 0 radical (unpaired) electrons. The molecule has 15 heteroatoms. The van der Waals surface area contributed by atoms with Crippen LogP contribution in [0, 0.1) is 22.2 Å². The van der Waals surface area contributed by atoms with Crippen LogP contribution < -0.4 is 11.1 Å². The Balaban J connectivity index is 0.000000492. The third-order valence-electron chi connectivity index (χ3n) is 4.50. The second kappa shape index (κ2) is 13.6. The van der Waals surface area contributed by atoms with Crippen molar-refractivity contribution in [2.24, 2.45) is 0 Å². The SMILES string of the molecule is COCCc1cccc(-c2cc(C(=O)Nc3ncc(Cl)s3)c(C)s2)c1[N+](=O)[O-].Cl.Nc1ncc(F)s1. The molecule has 0 aliphatic carbocycles. The van der Waals surface area contributed by atoms with Crippen LogP contribution in [0.5, 0.6) is 0 Å². The number of thiazole rings is 2. The van der Waals surface area contributed by atoms with Gasteiger partial charge >= 0.3 is 0 Å². The fraction of sp³-hybridized carbons (Fsp3) is 0.190. The average molecular weight is 593 g/mol. The first-order valence-corrected chi connectivity index (χ1v) is 12.7. The molecule has 3 aromatic heterocycles. The highest BCUT2D eigenvalue weighted by Gasteiger charge is 2.24. The zero-order chi connectivity index (χ0) is 25.5. The van der Waals surface area contributed by atoms with E-state index < -0.39 is 0 Å². The predicted octanol–water partition coefficient (Wildman–Crippen LogP) is 6.47. The summed E-state index contributed by atoms with van der Waals surface area (Å²) in [4.78, 5) is 32.8. The van der Waals surface area contributed by atoms with Crippen molar-refractivity contribution in [1.82, 2.24) is 9.97 Å². The number of ether oxygens (including phenoxy) is 1. The van der Waals surface area contributed by atoms with Gasteiger partial charge < -0.3 is 10.5 Å². The van der Waals surface area contributed by atoms with Crippen LogP contribution >= 0.6 is 58.0 Å². The van der Waals surface area contributed by atoms with Crippen molar-refractivity contribution in [3.8, 4) is 10.4 Å². The molecule has 0 saturated heterocycles. The molecule has 36 heavy (non-hydrogen) atoms. The van der Waals surface area contributed by atoms with Gasteiger partial charge in [0, 0.05) is 28.8 Å². The van der Waals surface area contributed by atoms with E-state index in [9.17, 15) is 19.3 Å². The number of hydrogen-bond acceptors (Lipinski definition) is 10. The number of aromatic nitrogens is 2. The predicted molar refractivity (Wildman–Crippen MR) is 146 cm³/mol. The molecule has 0 aliphatic heterocycles. The number of thiophene rings is 1. The summed E-state index contributed by atoms with van der Waals surface area (Å²) in [5.41, 5.74) is 6.62. The van der Waals surface area contributed by atoms with E-state index in [2.05, 4.69) is 15.3 Å². The van der Waals surface area contributed by atoms with Gasteiger partial charge in [-0.05, 0) is 19.1 Å². The maximum absolute atomic E-state index is 12.6. The maximum Gasteiger partial charge on any atom is 0.281 e. The van der Waals surface area contributed by atoms with Crippen LogP contribution in [0.15, 0.2) is 36.7 Å². The number of methoxy groups -OCH3 is 1. The Bertz CT molecular complexity index is 1330. The van der Waals surface area contributed by atoms with Crippen molar-refractivity contribution >= 4 is 79.9 Å². The van der Waals surface area contributed by atoms with Gasteiger partial charge in [-0.1, -0.05) is 46.4 Å². The highest BCUT2D eigenvalue weighted by atomic mass is 35.5. The van der Waals surface area contributed by atoms with E-state index in [1.54, 1.807) is 38.3 Å². The molecule has 4 rings (SSSR count). The zero-order valence-electron chi connectivity index (χ0n) is 18.8. The van der Waals surface area contributed by atoms with Crippen molar-refractivity contribution in [1.29, 1.82) is 0 Å². The van der Waals surface area contributed by atoms with E-state index in [0.29, 0.717) is 44.1 Å². The van der Waals surface area contributed by atoms with Crippen LogP contribution in [0.2, 0.25) is 4.34 Å². The molecule has 3 heterocycles. The molecule has 0 bridgehead atoms. The van der Waals surface area contributed by atoms with Crippen molar-refractivity contribution in [2.45, 2.75) is 13.3 Å². The smallest absolute Gasteiger partial charge is 0.281 e.